The van der Waals surface area contributed by atoms with Crippen LogP contribution in [0.15, 0.2) is 24.5 Å². The SMILES string of the molecule is CCO[C@H]1C[C@@H](O)C12CCN(C(=O)NCCn1cccc1)CC2. The standard InChI is InChI=1S/C17H27N3O3/c1-2-23-15-13-14(21)17(15)5-10-20(11-6-17)16(22)18-7-12-19-8-3-4-9-19/h3-4,8-9,14-15,21H,2,5-7,10-13H2,1H3,(H,18,22)/t14-,15+/m1/s1. The van der Waals surface area contributed by atoms with Crippen LogP contribution >= 0.6 is 0 Å². The number of aliphatic hydroxyl groups is 1. The molecule has 2 heterocycles. The molecule has 2 N–H and O–H groups in total. The minimum atomic E-state index is -0.280. The predicted octanol–water partition coefficient (Wildman–Crippen LogP) is 1.45. The first kappa shape index (κ1) is 16.3. The molecule has 1 saturated heterocycles. The summed E-state index contributed by atoms with van der Waals surface area (Å²) in [6.07, 6.45) is 6.23. The third-order valence-corrected chi connectivity index (χ3v) is 5.40. The van der Waals surface area contributed by atoms with Crippen LogP contribution in [0.4, 0.5) is 4.79 Å². The molecule has 1 aliphatic heterocycles. The van der Waals surface area contributed by atoms with Gasteiger partial charge in [0.05, 0.1) is 12.2 Å². The lowest BCUT2D eigenvalue weighted by Gasteiger charge is -2.56. The Hall–Kier alpha value is -1.53. The Bertz CT molecular complexity index is 507. The van der Waals surface area contributed by atoms with E-state index in [0.29, 0.717) is 26.2 Å². The van der Waals surface area contributed by atoms with E-state index in [9.17, 15) is 9.90 Å². The van der Waals surface area contributed by atoms with Crippen LogP contribution in [0.1, 0.15) is 26.2 Å². The lowest BCUT2D eigenvalue weighted by atomic mass is 9.58. The summed E-state index contributed by atoms with van der Waals surface area (Å²) < 4.78 is 7.81. The summed E-state index contributed by atoms with van der Waals surface area (Å²) in [5.74, 6) is 0. The third kappa shape index (κ3) is 3.23. The van der Waals surface area contributed by atoms with E-state index < -0.39 is 0 Å². The summed E-state index contributed by atoms with van der Waals surface area (Å²) in [7, 11) is 0. The van der Waals surface area contributed by atoms with Crippen molar-refractivity contribution >= 4 is 6.03 Å². The van der Waals surface area contributed by atoms with Gasteiger partial charge in [0.1, 0.15) is 0 Å². The molecule has 0 radical (unpaired) electrons. The van der Waals surface area contributed by atoms with E-state index in [1.807, 2.05) is 40.9 Å². The predicted molar refractivity (Wildman–Crippen MR) is 87.1 cm³/mol. The fraction of sp³-hybridized carbons (Fsp3) is 0.706. The van der Waals surface area contributed by atoms with Gasteiger partial charge in [-0.3, -0.25) is 0 Å². The molecule has 2 fully saturated rings. The van der Waals surface area contributed by atoms with Crippen LogP contribution in [0, 0.1) is 5.41 Å². The van der Waals surface area contributed by atoms with Crippen LogP contribution in [0.25, 0.3) is 0 Å². The monoisotopic (exact) mass is 321 g/mol. The Morgan fingerprint density at radius 3 is 2.65 bits per heavy atom. The largest absolute Gasteiger partial charge is 0.392 e. The Kier molecular flexibility index (Phi) is 4.92. The maximum atomic E-state index is 12.2. The second-order valence-electron chi connectivity index (χ2n) is 6.57. The summed E-state index contributed by atoms with van der Waals surface area (Å²) in [4.78, 5) is 14.1. The molecular formula is C17H27N3O3. The molecule has 0 unspecified atom stereocenters. The molecule has 1 aromatic heterocycles. The molecule has 1 spiro atoms. The van der Waals surface area contributed by atoms with Gasteiger partial charge >= 0.3 is 6.03 Å². The van der Waals surface area contributed by atoms with Crippen LogP contribution in [0.5, 0.6) is 0 Å². The molecule has 23 heavy (non-hydrogen) atoms. The van der Waals surface area contributed by atoms with E-state index in [2.05, 4.69) is 5.32 Å². The number of rotatable bonds is 5. The lowest BCUT2D eigenvalue weighted by molar-refractivity contribution is -0.207. The fourth-order valence-corrected chi connectivity index (χ4v) is 3.87. The van der Waals surface area contributed by atoms with Crippen LogP contribution in [0.2, 0.25) is 0 Å². The number of amides is 2. The smallest absolute Gasteiger partial charge is 0.317 e. The van der Waals surface area contributed by atoms with Crippen molar-refractivity contribution in [2.24, 2.45) is 5.41 Å². The van der Waals surface area contributed by atoms with E-state index in [1.165, 1.54) is 0 Å². The van der Waals surface area contributed by atoms with Crippen molar-refractivity contribution in [2.75, 3.05) is 26.2 Å². The number of nitrogens with one attached hydrogen (secondary N) is 1. The van der Waals surface area contributed by atoms with Crippen molar-refractivity contribution in [2.45, 2.75) is 44.9 Å². The molecular weight excluding hydrogens is 294 g/mol. The number of ether oxygens (including phenoxy) is 1. The average Bonchev–Trinajstić information content (AvgIpc) is 3.08. The molecule has 6 nitrogen and oxygen atoms in total. The zero-order valence-electron chi connectivity index (χ0n) is 13.8. The highest BCUT2D eigenvalue weighted by Gasteiger charge is 2.56. The number of hydrogen-bond acceptors (Lipinski definition) is 3. The van der Waals surface area contributed by atoms with Crippen LogP contribution in [0.3, 0.4) is 0 Å². The van der Waals surface area contributed by atoms with E-state index in [1.54, 1.807) is 0 Å². The number of aliphatic hydroxyl groups excluding tert-OH is 1. The van der Waals surface area contributed by atoms with Gasteiger partial charge in [0.2, 0.25) is 0 Å². The van der Waals surface area contributed by atoms with Crippen molar-refractivity contribution in [3.05, 3.63) is 24.5 Å². The van der Waals surface area contributed by atoms with Crippen molar-refractivity contribution in [3.8, 4) is 0 Å². The first-order chi connectivity index (χ1) is 11.2. The van der Waals surface area contributed by atoms with Gasteiger partial charge in [-0.2, -0.15) is 0 Å². The van der Waals surface area contributed by atoms with Crippen molar-refractivity contribution in [3.63, 3.8) is 0 Å². The number of urea groups is 1. The molecule has 0 aromatic carbocycles. The van der Waals surface area contributed by atoms with Gasteiger partial charge in [-0.15, -0.1) is 0 Å². The minimum absolute atomic E-state index is 0.00576. The third-order valence-electron chi connectivity index (χ3n) is 5.40. The Morgan fingerprint density at radius 2 is 2.04 bits per heavy atom. The molecule has 1 aromatic rings. The van der Waals surface area contributed by atoms with Crippen molar-refractivity contribution in [1.82, 2.24) is 14.8 Å². The molecule has 6 heteroatoms. The first-order valence-electron chi connectivity index (χ1n) is 8.59. The molecule has 3 rings (SSSR count). The van der Waals surface area contributed by atoms with E-state index >= 15 is 0 Å². The van der Waals surface area contributed by atoms with Gasteiger partial charge < -0.3 is 24.6 Å². The highest BCUT2D eigenvalue weighted by molar-refractivity contribution is 5.74. The molecule has 2 atom stereocenters. The van der Waals surface area contributed by atoms with E-state index in [0.717, 1.165) is 25.8 Å². The Balaban J connectivity index is 1.44. The Labute approximate surface area is 137 Å². The molecule has 128 valence electrons. The summed E-state index contributed by atoms with van der Waals surface area (Å²) in [5, 5.41) is 13.2. The zero-order valence-corrected chi connectivity index (χ0v) is 13.8. The van der Waals surface area contributed by atoms with E-state index in [-0.39, 0.29) is 23.7 Å². The summed E-state index contributed by atoms with van der Waals surface area (Å²) in [6, 6.07) is 3.95. The molecule has 1 saturated carbocycles. The highest BCUT2D eigenvalue weighted by Crippen LogP contribution is 2.50. The fourth-order valence-electron chi connectivity index (χ4n) is 3.87. The lowest BCUT2D eigenvalue weighted by Crippen LogP contribution is -2.63. The zero-order chi connectivity index (χ0) is 16.3. The van der Waals surface area contributed by atoms with E-state index in [4.69, 9.17) is 4.74 Å². The second-order valence-corrected chi connectivity index (χ2v) is 6.57. The van der Waals surface area contributed by atoms with Crippen LogP contribution in [-0.2, 0) is 11.3 Å². The highest BCUT2D eigenvalue weighted by atomic mass is 16.5. The van der Waals surface area contributed by atoms with Gasteiger partial charge in [-0.25, -0.2) is 4.79 Å². The van der Waals surface area contributed by atoms with Gasteiger partial charge in [-0.05, 0) is 31.9 Å². The second kappa shape index (κ2) is 6.93. The number of nitrogens with zero attached hydrogens (tertiary/aromatic N) is 2. The van der Waals surface area contributed by atoms with Crippen molar-refractivity contribution < 1.29 is 14.6 Å². The van der Waals surface area contributed by atoms with Gasteiger partial charge in [0.15, 0.2) is 0 Å². The maximum absolute atomic E-state index is 12.2. The van der Waals surface area contributed by atoms with Crippen LogP contribution < -0.4 is 5.32 Å². The minimum Gasteiger partial charge on any atom is -0.392 e. The topological polar surface area (TPSA) is 66.7 Å². The van der Waals surface area contributed by atoms with Gasteiger partial charge in [0, 0.05) is 57.0 Å². The average molecular weight is 321 g/mol. The molecule has 2 aliphatic rings. The maximum Gasteiger partial charge on any atom is 0.317 e. The number of piperidine rings is 1. The molecule has 1 aliphatic carbocycles. The number of carbonyl (C=O) groups is 1. The number of likely N-dealkylation sites (tertiary alicyclic amines) is 1. The normalized spacial score (nSPS) is 26.1. The first-order valence-corrected chi connectivity index (χ1v) is 8.59. The number of carbonyl (C=O) groups excluding carboxylic acids is 1. The Morgan fingerprint density at radius 1 is 1.35 bits per heavy atom. The molecule has 0 bridgehead atoms. The quantitative estimate of drug-likeness (QED) is 0.862. The summed E-state index contributed by atoms with van der Waals surface area (Å²) in [5.41, 5.74) is -0.127. The van der Waals surface area contributed by atoms with Crippen LogP contribution in [-0.4, -0.2) is 59.1 Å². The summed E-state index contributed by atoms with van der Waals surface area (Å²) in [6.45, 7) is 5.46. The number of aromatic nitrogens is 1. The molecule has 2 amide bonds. The summed E-state index contributed by atoms with van der Waals surface area (Å²) >= 11 is 0. The van der Waals surface area contributed by atoms with Gasteiger partial charge in [-0.1, -0.05) is 0 Å². The van der Waals surface area contributed by atoms with Crippen molar-refractivity contribution in [1.29, 1.82) is 0 Å². The van der Waals surface area contributed by atoms with Gasteiger partial charge in [0.25, 0.3) is 0 Å². The number of hydrogen-bond donors (Lipinski definition) is 2.